The van der Waals surface area contributed by atoms with Crippen molar-refractivity contribution in [3.8, 4) is 11.5 Å². The van der Waals surface area contributed by atoms with Crippen molar-refractivity contribution in [3.63, 3.8) is 0 Å². The van der Waals surface area contributed by atoms with E-state index in [1.54, 1.807) is 6.92 Å². The molecule has 152 valence electrons. The summed E-state index contributed by atoms with van der Waals surface area (Å²) in [7, 11) is 0. The average molecular weight is 406 g/mol. The van der Waals surface area contributed by atoms with E-state index in [1.165, 1.54) is 6.92 Å². The maximum Gasteiger partial charge on any atom is 0.308 e. The standard InChI is InChI=1S/C18H17F3N6O2/c1-7(17(28)29)8(2)23-15-11(20)13(18(21)3-4-18)24-16(25-15)12-10-5-9(19)6-22-14(10)27-26-12/h5-8H,3-4H2,1-2H3,(H,28,29)(H,22,26,27)(H,23,24,25)/t7-,8-/m0/s1. The van der Waals surface area contributed by atoms with Gasteiger partial charge in [0.25, 0.3) is 0 Å². The highest BCUT2D eigenvalue weighted by molar-refractivity contribution is 5.88. The van der Waals surface area contributed by atoms with Gasteiger partial charge in [0.15, 0.2) is 28.8 Å². The van der Waals surface area contributed by atoms with Crippen LogP contribution in [0, 0.1) is 17.6 Å². The number of carbonyl (C=O) groups is 1. The summed E-state index contributed by atoms with van der Waals surface area (Å²) in [4.78, 5) is 23.2. The number of carboxylic acids is 1. The lowest BCUT2D eigenvalue weighted by Gasteiger charge is -2.20. The second-order valence-electron chi connectivity index (χ2n) is 7.21. The first-order chi connectivity index (χ1) is 13.7. The fourth-order valence-corrected chi connectivity index (χ4v) is 2.89. The fourth-order valence-electron chi connectivity index (χ4n) is 2.89. The molecular weight excluding hydrogens is 389 g/mol. The molecule has 29 heavy (non-hydrogen) atoms. The molecule has 0 amide bonds. The number of fused-ring (bicyclic) bond motifs is 1. The largest absolute Gasteiger partial charge is 0.481 e. The summed E-state index contributed by atoms with van der Waals surface area (Å²) in [6.07, 6.45) is 1.22. The van der Waals surface area contributed by atoms with E-state index in [-0.39, 0.29) is 41.2 Å². The van der Waals surface area contributed by atoms with Crippen LogP contribution in [0.3, 0.4) is 0 Å². The Hall–Kier alpha value is -3.24. The van der Waals surface area contributed by atoms with Crippen LogP contribution < -0.4 is 5.32 Å². The van der Waals surface area contributed by atoms with Gasteiger partial charge in [0.1, 0.15) is 17.2 Å². The number of anilines is 1. The SMILES string of the molecule is C[C@H](Nc1nc(-c2n[nH]c3ncc(F)cc23)nc(C2(F)CC2)c1F)[C@H](C)C(=O)O. The first-order valence-corrected chi connectivity index (χ1v) is 8.96. The lowest BCUT2D eigenvalue weighted by atomic mass is 10.0. The lowest BCUT2D eigenvalue weighted by Crippen LogP contribution is -2.31. The number of rotatable bonds is 6. The summed E-state index contributed by atoms with van der Waals surface area (Å²) < 4.78 is 43.3. The van der Waals surface area contributed by atoms with Crippen LogP contribution in [0.4, 0.5) is 19.0 Å². The Morgan fingerprint density at radius 2 is 2.03 bits per heavy atom. The smallest absolute Gasteiger partial charge is 0.308 e. The van der Waals surface area contributed by atoms with E-state index in [0.29, 0.717) is 0 Å². The first-order valence-electron chi connectivity index (χ1n) is 8.96. The Kier molecular flexibility index (Phi) is 4.39. The van der Waals surface area contributed by atoms with Crippen molar-refractivity contribution >= 4 is 22.8 Å². The van der Waals surface area contributed by atoms with Crippen molar-refractivity contribution in [3.05, 3.63) is 29.6 Å². The van der Waals surface area contributed by atoms with Gasteiger partial charge in [0.05, 0.1) is 17.5 Å². The van der Waals surface area contributed by atoms with Gasteiger partial charge < -0.3 is 10.4 Å². The van der Waals surface area contributed by atoms with Crippen LogP contribution in [0.5, 0.6) is 0 Å². The monoisotopic (exact) mass is 406 g/mol. The minimum atomic E-state index is -1.92. The molecule has 3 aromatic rings. The van der Waals surface area contributed by atoms with Crippen LogP contribution >= 0.6 is 0 Å². The van der Waals surface area contributed by atoms with Crippen molar-refractivity contribution in [2.24, 2.45) is 5.92 Å². The number of aromatic nitrogens is 5. The van der Waals surface area contributed by atoms with Gasteiger partial charge >= 0.3 is 5.97 Å². The van der Waals surface area contributed by atoms with E-state index in [2.05, 4.69) is 30.5 Å². The highest BCUT2D eigenvalue weighted by Gasteiger charge is 2.49. The van der Waals surface area contributed by atoms with Crippen LogP contribution in [-0.4, -0.2) is 42.3 Å². The van der Waals surface area contributed by atoms with Gasteiger partial charge in [-0.3, -0.25) is 9.89 Å². The van der Waals surface area contributed by atoms with Gasteiger partial charge in [-0.1, -0.05) is 0 Å². The van der Waals surface area contributed by atoms with Gasteiger partial charge in [-0.25, -0.2) is 28.1 Å². The van der Waals surface area contributed by atoms with Crippen molar-refractivity contribution in [2.45, 2.75) is 38.4 Å². The molecule has 0 unspecified atom stereocenters. The summed E-state index contributed by atoms with van der Waals surface area (Å²) in [5.74, 6) is -4.00. The van der Waals surface area contributed by atoms with E-state index in [0.717, 1.165) is 12.3 Å². The minimum absolute atomic E-state index is 0.0829. The van der Waals surface area contributed by atoms with Gasteiger partial charge in [0, 0.05) is 6.04 Å². The molecule has 0 saturated heterocycles. The second-order valence-corrected chi connectivity index (χ2v) is 7.21. The van der Waals surface area contributed by atoms with Crippen LogP contribution in [0.15, 0.2) is 12.3 Å². The number of hydrogen-bond acceptors (Lipinski definition) is 6. The number of halogens is 3. The second kappa shape index (κ2) is 6.68. The number of nitrogens with zero attached hydrogens (tertiary/aromatic N) is 4. The summed E-state index contributed by atoms with van der Waals surface area (Å²) in [5.41, 5.74) is -2.00. The zero-order valence-electron chi connectivity index (χ0n) is 15.5. The van der Waals surface area contributed by atoms with Gasteiger partial charge in [-0.2, -0.15) is 5.10 Å². The molecule has 1 aliphatic rings. The van der Waals surface area contributed by atoms with Gasteiger partial charge in [-0.15, -0.1) is 0 Å². The minimum Gasteiger partial charge on any atom is -0.481 e. The van der Waals surface area contributed by atoms with E-state index in [1.807, 2.05) is 0 Å². The predicted octanol–water partition coefficient (Wildman–Crippen LogP) is 3.17. The molecule has 0 aromatic carbocycles. The maximum atomic E-state index is 15.0. The third-order valence-corrected chi connectivity index (χ3v) is 5.06. The molecule has 3 heterocycles. The van der Waals surface area contributed by atoms with E-state index < -0.39 is 40.9 Å². The normalized spacial score (nSPS) is 17.1. The summed E-state index contributed by atoms with van der Waals surface area (Å²) in [6, 6.07) is 0.459. The lowest BCUT2D eigenvalue weighted by molar-refractivity contribution is -0.141. The molecule has 3 N–H and O–H groups in total. The number of pyridine rings is 1. The molecule has 3 aromatic heterocycles. The number of hydrogen-bond donors (Lipinski definition) is 3. The van der Waals surface area contributed by atoms with E-state index in [4.69, 9.17) is 5.11 Å². The quantitative estimate of drug-likeness (QED) is 0.576. The number of H-pyrrole nitrogens is 1. The molecule has 2 atom stereocenters. The molecule has 8 nitrogen and oxygen atoms in total. The Labute approximate surface area is 162 Å². The zero-order chi connectivity index (χ0) is 20.9. The topological polar surface area (TPSA) is 117 Å². The van der Waals surface area contributed by atoms with Crippen molar-refractivity contribution < 1.29 is 23.1 Å². The van der Waals surface area contributed by atoms with Gasteiger partial charge in [0.2, 0.25) is 0 Å². The average Bonchev–Trinajstić information content (AvgIpc) is 3.29. The highest BCUT2D eigenvalue weighted by atomic mass is 19.2. The third-order valence-electron chi connectivity index (χ3n) is 5.06. The first kappa shape index (κ1) is 19.1. The summed E-state index contributed by atoms with van der Waals surface area (Å²) >= 11 is 0. The Morgan fingerprint density at radius 1 is 1.31 bits per heavy atom. The number of nitrogens with one attached hydrogen (secondary N) is 2. The molecule has 1 fully saturated rings. The van der Waals surface area contributed by atoms with Crippen molar-refractivity contribution in [1.82, 2.24) is 25.1 Å². The number of carboxylic acid groups (broad SMARTS) is 1. The number of aromatic amines is 1. The van der Waals surface area contributed by atoms with E-state index in [9.17, 15) is 18.0 Å². The number of alkyl halides is 1. The molecule has 0 spiro atoms. The predicted molar refractivity (Wildman–Crippen MR) is 96.7 cm³/mol. The van der Waals surface area contributed by atoms with Gasteiger partial charge in [-0.05, 0) is 32.8 Å². The Balaban J connectivity index is 1.84. The molecule has 11 heteroatoms. The zero-order valence-corrected chi connectivity index (χ0v) is 15.5. The summed E-state index contributed by atoms with van der Waals surface area (Å²) in [5, 5.41) is 18.7. The highest BCUT2D eigenvalue weighted by Crippen LogP contribution is 2.50. The molecular formula is C18H17F3N6O2. The summed E-state index contributed by atoms with van der Waals surface area (Å²) in [6.45, 7) is 3.00. The Morgan fingerprint density at radius 3 is 2.69 bits per heavy atom. The maximum absolute atomic E-state index is 15.0. The Bertz CT molecular complexity index is 1110. The molecule has 4 rings (SSSR count). The molecule has 0 radical (unpaired) electrons. The van der Waals surface area contributed by atoms with E-state index >= 15 is 0 Å². The number of aliphatic carboxylic acids is 1. The van der Waals surface area contributed by atoms with Crippen LogP contribution in [0.2, 0.25) is 0 Å². The van der Waals surface area contributed by atoms with Crippen molar-refractivity contribution in [1.29, 1.82) is 0 Å². The molecule has 0 bridgehead atoms. The molecule has 1 saturated carbocycles. The third kappa shape index (κ3) is 3.36. The van der Waals surface area contributed by atoms with Crippen LogP contribution in [0.25, 0.3) is 22.6 Å². The van der Waals surface area contributed by atoms with Crippen LogP contribution in [0.1, 0.15) is 32.4 Å². The van der Waals surface area contributed by atoms with Crippen molar-refractivity contribution in [2.75, 3.05) is 5.32 Å². The fraction of sp³-hybridized carbons (Fsp3) is 0.389. The molecule has 1 aliphatic carbocycles. The van der Waals surface area contributed by atoms with Crippen LogP contribution in [-0.2, 0) is 10.5 Å². The molecule has 0 aliphatic heterocycles.